The first-order chi connectivity index (χ1) is 3.77. The summed E-state index contributed by atoms with van der Waals surface area (Å²) in [5.41, 5.74) is 0. The Balaban J connectivity index is 3.03. The van der Waals surface area contributed by atoms with Crippen LogP contribution >= 0.6 is 11.9 Å². The van der Waals surface area contributed by atoms with Crippen LogP contribution in [0.3, 0.4) is 0 Å². The Labute approximate surface area is 51.1 Å². The Morgan fingerprint density at radius 2 is 2.25 bits per heavy atom. The van der Waals surface area contributed by atoms with Gasteiger partial charge in [-0.25, -0.2) is 0 Å². The van der Waals surface area contributed by atoms with Gasteiger partial charge in [0.15, 0.2) is 0 Å². The lowest BCUT2D eigenvalue weighted by Crippen LogP contribution is -1.81. The lowest BCUT2D eigenvalue weighted by Gasteiger charge is -1.84. The van der Waals surface area contributed by atoms with Crippen LogP contribution in [0.4, 0.5) is 8.78 Å². The molecule has 1 nitrogen and oxygen atoms in total. The molecule has 0 radical (unpaired) electrons. The van der Waals surface area contributed by atoms with E-state index in [0.29, 0.717) is 12.2 Å². The van der Waals surface area contributed by atoms with Gasteiger partial charge in [-0.05, 0) is 12.5 Å². The predicted octanol–water partition coefficient (Wildman–Crippen LogP) is 1.76. The highest BCUT2D eigenvalue weighted by atomic mass is 32.2. The van der Waals surface area contributed by atoms with Crippen LogP contribution < -0.4 is 5.14 Å². The normalized spacial score (nSPS) is 8.88. The molecule has 0 atom stereocenters. The van der Waals surface area contributed by atoms with Crippen LogP contribution in [0.1, 0.15) is 6.42 Å². The average molecular weight is 139 g/mol. The van der Waals surface area contributed by atoms with E-state index in [1.165, 1.54) is 0 Å². The summed E-state index contributed by atoms with van der Waals surface area (Å²) in [6, 6.07) is 0. The molecule has 0 aliphatic rings. The highest BCUT2D eigenvalue weighted by Crippen LogP contribution is 2.00. The van der Waals surface area contributed by atoms with Gasteiger partial charge in [0.25, 0.3) is 6.08 Å². The zero-order valence-electron chi connectivity index (χ0n) is 4.23. The van der Waals surface area contributed by atoms with Crippen molar-refractivity contribution in [3.8, 4) is 0 Å². The van der Waals surface area contributed by atoms with Crippen molar-refractivity contribution >= 4 is 11.9 Å². The van der Waals surface area contributed by atoms with Crippen molar-refractivity contribution in [2.45, 2.75) is 6.42 Å². The molecule has 0 aliphatic heterocycles. The fourth-order valence-electron chi connectivity index (χ4n) is 0.236. The molecule has 0 aromatic carbocycles. The fraction of sp³-hybridized carbons (Fsp3) is 0.500. The largest absolute Gasteiger partial charge is 0.278 e. The standard InChI is InChI=1S/C4H7F2NS/c5-4(6)2-1-3-8-7/h2H,1,3,7H2. The molecule has 0 aliphatic carbocycles. The molecule has 4 heteroatoms. The van der Waals surface area contributed by atoms with Gasteiger partial charge in [0.2, 0.25) is 0 Å². The summed E-state index contributed by atoms with van der Waals surface area (Å²) in [4.78, 5) is 0. The molecule has 0 amide bonds. The molecular weight excluding hydrogens is 132 g/mol. The van der Waals surface area contributed by atoms with Gasteiger partial charge in [-0.15, -0.1) is 0 Å². The molecule has 0 heterocycles. The first kappa shape index (κ1) is 7.91. The minimum absolute atomic E-state index is 0.351. The van der Waals surface area contributed by atoms with E-state index in [1.54, 1.807) is 0 Å². The Kier molecular flexibility index (Phi) is 5.00. The van der Waals surface area contributed by atoms with Gasteiger partial charge >= 0.3 is 0 Å². The van der Waals surface area contributed by atoms with E-state index in [9.17, 15) is 8.78 Å². The summed E-state index contributed by atoms with van der Waals surface area (Å²) < 4.78 is 22.3. The van der Waals surface area contributed by atoms with Gasteiger partial charge in [-0.3, -0.25) is 5.14 Å². The number of halogens is 2. The second-order valence-corrected chi connectivity index (χ2v) is 1.89. The lowest BCUT2D eigenvalue weighted by molar-refractivity contribution is 0.418. The third kappa shape index (κ3) is 5.91. The van der Waals surface area contributed by atoms with Crippen molar-refractivity contribution in [2.75, 3.05) is 5.75 Å². The van der Waals surface area contributed by atoms with Crippen LogP contribution in [0.25, 0.3) is 0 Å². The quantitative estimate of drug-likeness (QED) is 0.476. The molecule has 0 rings (SSSR count). The first-order valence-corrected chi connectivity index (χ1v) is 3.15. The van der Waals surface area contributed by atoms with E-state index in [1.807, 2.05) is 0 Å². The van der Waals surface area contributed by atoms with E-state index in [-0.39, 0.29) is 0 Å². The predicted molar refractivity (Wildman–Crippen MR) is 31.6 cm³/mol. The van der Waals surface area contributed by atoms with Gasteiger partial charge in [0.1, 0.15) is 0 Å². The minimum Gasteiger partial charge on any atom is -0.278 e. The van der Waals surface area contributed by atoms with Gasteiger partial charge in [-0.1, -0.05) is 11.9 Å². The Hall–Kier alpha value is -0.0900. The van der Waals surface area contributed by atoms with Gasteiger partial charge in [-0.2, -0.15) is 8.78 Å². The molecule has 2 N–H and O–H groups in total. The van der Waals surface area contributed by atoms with Crippen LogP contribution in [0.15, 0.2) is 12.2 Å². The smallest absolute Gasteiger partial charge is 0.266 e. The summed E-state index contributed by atoms with van der Waals surface area (Å²) in [5.74, 6) is 0.553. The first-order valence-electron chi connectivity index (χ1n) is 2.10. The Morgan fingerprint density at radius 1 is 1.62 bits per heavy atom. The molecule has 0 saturated carbocycles. The van der Waals surface area contributed by atoms with Crippen LogP contribution in [0, 0.1) is 0 Å². The monoisotopic (exact) mass is 139 g/mol. The topological polar surface area (TPSA) is 26.0 Å². The average Bonchev–Trinajstić information content (AvgIpc) is 1.66. The zero-order chi connectivity index (χ0) is 6.41. The minimum atomic E-state index is -1.63. The van der Waals surface area contributed by atoms with Crippen molar-refractivity contribution in [2.24, 2.45) is 5.14 Å². The number of hydrogen-bond acceptors (Lipinski definition) is 2. The van der Waals surface area contributed by atoms with E-state index in [0.717, 1.165) is 18.0 Å². The maximum Gasteiger partial charge on any atom is 0.266 e. The van der Waals surface area contributed by atoms with Crippen molar-refractivity contribution in [1.82, 2.24) is 0 Å². The van der Waals surface area contributed by atoms with Crippen molar-refractivity contribution in [3.05, 3.63) is 12.2 Å². The van der Waals surface area contributed by atoms with Crippen molar-refractivity contribution in [1.29, 1.82) is 0 Å². The highest BCUT2D eigenvalue weighted by molar-refractivity contribution is 7.97. The summed E-state index contributed by atoms with van der Waals surface area (Å²) in [6.07, 6.45) is -0.414. The van der Waals surface area contributed by atoms with E-state index >= 15 is 0 Å². The second kappa shape index (κ2) is 5.05. The molecule has 0 fully saturated rings. The SMILES string of the molecule is NSCCC=C(F)F. The van der Waals surface area contributed by atoms with E-state index in [2.05, 4.69) is 0 Å². The Morgan fingerprint density at radius 3 is 2.62 bits per heavy atom. The molecule has 0 bridgehead atoms. The number of allylic oxidation sites excluding steroid dienone is 1. The lowest BCUT2D eigenvalue weighted by atomic mass is 10.5. The molecule has 0 saturated heterocycles. The number of nitrogens with two attached hydrogens (primary N) is 1. The van der Waals surface area contributed by atoms with Crippen LogP contribution in [0.2, 0.25) is 0 Å². The fourth-order valence-corrected chi connectivity index (χ4v) is 0.490. The molecule has 0 aromatic heterocycles. The maximum atomic E-state index is 11.2. The van der Waals surface area contributed by atoms with E-state index < -0.39 is 6.08 Å². The highest BCUT2D eigenvalue weighted by Gasteiger charge is 1.85. The van der Waals surface area contributed by atoms with E-state index in [4.69, 9.17) is 5.14 Å². The molecule has 8 heavy (non-hydrogen) atoms. The van der Waals surface area contributed by atoms with Crippen LogP contribution in [-0.2, 0) is 0 Å². The summed E-state index contributed by atoms with van der Waals surface area (Å²) in [5, 5.41) is 4.96. The van der Waals surface area contributed by atoms with Crippen LogP contribution in [0.5, 0.6) is 0 Å². The number of rotatable bonds is 3. The zero-order valence-corrected chi connectivity index (χ0v) is 5.05. The van der Waals surface area contributed by atoms with Crippen molar-refractivity contribution in [3.63, 3.8) is 0 Å². The molecule has 0 unspecified atom stereocenters. The second-order valence-electron chi connectivity index (χ2n) is 1.15. The third-order valence-corrected chi connectivity index (χ3v) is 1.01. The Bertz CT molecular complexity index is 80.1. The van der Waals surface area contributed by atoms with Gasteiger partial charge < -0.3 is 0 Å². The number of hydrogen-bond donors (Lipinski definition) is 1. The molecule has 48 valence electrons. The van der Waals surface area contributed by atoms with Crippen LogP contribution in [-0.4, -0.2) is 5.75 Å². The van der Waals surface area contributed by atoms with Gasteiger partial charge in [0, 0.05) is 5.75 Å². The molecule has 0 aromatic rings. The van der Waals surface area contributed by atoms with Gasteiger partial charge in [0.05, 0.1) is 0 Å². The maximum absolute atomic E-state index is 11.2. The summed E-state index contributed by atoms with van der Waals surface area (Å²) in [6.45, 7) is 0. The third-order valence-electron chi connectivity index (χ3n) is 0.534. The van der Waals surface area contributed by atoms with Crippen molar-refractivity contribution < 1.29 is 8.78 Å². The summed E-state index contributed by atoms with van der Waals surface area (Å²) >= 11 is 1.07. The molecular formula is C4H7F2NS. The molecule has 0 spiro atoms. The summed E-state index contributed by atoms with van der Waals surface area (Å²) in [7, 11) is 0.